The van der Waals surface area contributed by atoms with E-state index in [4.69, 9.17) is 4.74 Å². The highest BCUT2D eigenvalue weighted by Gasteiger charge is 2.08. The molecule has 0 aliphatic carbocycles. The van der Waals surface area contributed by atoms with Crippen molar-refractivity contribution in [3.63, 3.8) is 0 Å². The molecule has 7 nitrogen and oxygen atoms in total. The van der Waals surface area contributed by atoms with Gasteiger partial charge >= 0.3 is 0 Å². The fourth-order valence-electron chi connectivity index (χ4n) is 3.02. The molecule has 0 bridgehead atoms. The molecule has 2 aromatic carbocycles. The minimum Gasteiger partial charge on any atom is -0.493 e. The van der Waals surface area contributed by atoms with Gasteiger partial charge in [-0.05, 0) is 35.9 Å². The summed E-state index contributed by atoms with van der Waals surface area (Å²) in [6, 6.07) is 17.3. The molecule has 2 heterocycles. The number of nitrogens with one attached hydrogen (secondary N) is 2. The molecule has 7 heteroatoms. The number of hydrogen-bond acceptors (Lipinski definition) is 5. The first-order valence-corrected chi connectivity index (χ1v) is 9.63. The standard InChI is InChI=1S/C23H21N5O2/c29-23(14-22-25-11-3-12-26-22)28-18-8-6-17(7-9-18)10-13-30-21-5-2-1-4-19(21)20-15-24-16-27-20/h1-9,11-12,15-16H,10,13-14H2,(H,24,27)(H,28,29). The number of para-hydroxylation sites is 1. The third kappa shape index (κ3) is 5.08. The number of ether oxygens (including phenoxy) is 1. The summed E-state index contributed by atoms with van der Waals surface area (Å²) in [4.78, 5) is 27.4. The molecule has 0 saturated carbocycles. The first-order valence-electron chi connectivity index (χ1n) is 9.63. The lowest BCUT2D eigenvalue weighted by Crippen LogP contribution is -2.15. The maximum Gasteiger partial charge on any atom is 0.232 e. The summed E-state index contributed by atoms with van der Waals surface area (Å²) < 4.78 is 5.99. The Morgan fingerprint density at radius 2 is 1.80 bits per heavy atom. The van der Waals surface area contributed by atoms with Gasteiger partial charge in [-0.15, -0.1) is 0 Å². The van der Waals surface area contributed by atoms with Crippen molar-refractivity contribution in [2.24, 2.45) is 0 Å². The minimum atomic E-state index is -0.146. The van der Waals surface area contributed by atoms with Crippen LogP contribution in [0.25, 0.3) is 11.3 Å². The van der Waals surface area contributed by atoms with Gasteiger partial charge in [0, 0.05) is 30.1 Å². The van der Waals surface area contributed by atoms with Crippen LogP contribution in [0.1, 0.15) is 11.4 Å². The first-order chi connectivity index (χ1) is 14.8. The van der Waals surface area contributed by atoms with Gasteiger partial charge < -0.3 is 15.0 Å². The second kappa shape index (κ2) is 9.47. The van der Waals surface area contributed by atoms with E-state index in [9.17, 15) is 4.79 Å². The summed E-state index contributed by atoms with van der Waals surface area (Å²) in [6.07, 6.45) is 7.58. The fraction of sp³-hybridized carbons (Fsp3) is 0.130. The van der Waals surface area contributed by atoms with Gasteiger partial charge in [0.25, 0.3) is 0 Å². The van der Waals surface area contributed by atoms with Gasteiger partial charge in [-0.1, -0.05) is 24.3 Å². The number of carbonyl (C=O) groups is 1. The maximum atomic E-state index is 12.1. The molecule has 0 spiro atoms. The third-order valence-electron chi connectivity index (χ3n) is 4.50. The summed E-state index contributed by atoms with van der Waals surface area (Å²) in [7, 11) is 0. The minimum absolute atomic E-state index is 0.145. The van der Waals surface area contributed by atoms with E-state index in [1.807, 2.05) is 48.5 Å². The smallest absolute Gasteiger partial charge is 0.232 e. The van der Waals surface area contributed by atoms with E-state index in [1.165, 1.54) is 0 Å². The summed E-state index contributed by atoms with van der Waals surface area (Å²) in [5, 5.41) is 2.86. The predicted molar refractivity (Wildman–Crippen MR) is 114 cm³/mol. The van der Waals surface area contributed by atoms with E-state index in [0.717, 1.165) is 34.7 Å². The molecule has 0 atom stereocenters. The fourth-order valence-corrected chi connectivity index (χ4v) is 3.02. The Morgan fingerprint density at radius 1 is 1.00 bits per heavy atom. The van der Waals surface area contributed by atoms with Crippen molar-refractivity contribution in [3.05, 3.63) is 90.9 Å². The molecule has 0 aliphatic rings. The quantitative estimate of drug-likeness (QED) is 0.472. The van der Waals surface area contributed by atoms with E-state index in [0.29, 0.717) is 12.4 Å². The van der Waals surface area contributed by atoms with Gasteiger partial charge in [-0.3, -0.25) is 4.79 Å². The maximum absolute atomic E-state index is 12.1. The molecule has 0 aliphatic heterocycles. The summed E-state index contributed by atoms with van der Waals surface area (Å²) >= 11 is 0. The van der Waals surface area contributed by atoms with Crippen LogP contribution in [0.15, 0.2) is 79.5 Å². The Labute approximate surface area is 174 Å². The highest BCUT2D eigenvalue weighted by Crippen LogP contribution is 2.28. The second-order valence-electron chi connectivity index (χ2n) is 6.65. The molecule has 0 unspecified atom stereocenters. The van der Waals surface area contributed by atoms with Crippen LogP contribution in [-0.4, -0.2) is 32.4 Å². The van der Waals surface area contributed by atoms with Crippen molar-refractivity contribution in [3.8, 4) is 17.0 Å². The monoisotopic (exact) mass is 399 g/mol. The molecule has 4 aromatic rings. The van der Waals surface area contributed by atoms with Crippen molar-refractivity contribution in [1.82, 2.24) is 19.9 Å². The van der Waals surface area contributed by atoms with Crippen molar-refractivity contribution in [2.45, 2.75) is 12.8 Å². The number of anilines is 1. The number of aromatic amines is 1. The number of aromatic nitrogens is 4. The number of H-pyrrole nitrogens is 1. The van der Waals surface area contributed by atoms with Crippen LogP contribution >= 0.6 is 0 Å². The lowest BCUT2D eigenvalue weighted by Gasteiger charge is -2.11. The topological polar surface area (TPSA) is 92.8 Å². The van der Waals surface area contributed by atoms with Crippen LogP contribution in [0, 0.1) is 0 Å². The van der Waals surface area contributed by atoms with Gasteiger partial charge in [0.2, 0.25) is 5.91 Å². The molecule has 2 N–H and O–H groups in total. The molecule has 30 heavy (non-hydrogen) atoms. The molecule has 0 saturated heterocycles. The molecule has 4 rings (SSSR count). The highest BCUT2D eigenvalue weighted by atomic mass is 16.5. The zero-order chi connectivity index (χ0) is 20.6. The van der Waals surface area contributed by atoms with E-state index in [2.05, 4.69) is 25.3 Å². The SMILES string of the molecule is O=C(Cc1ncccn1)Nc1ccc(CCOc2ccccc2-c2cnc[nH]2)cc1. The van der Waals surface area contributed by atoms with Crippen molar-refractivity contribution in [1.29, 1.82) is 0 Å². The Balaban J connectivity index is 1.29. The van der Waals surface area contributed by atoms with Crippen molar-refractivity contribution in [2.75, 3.05) is 11.9 Å². The van der Waals surface area contributed by atoms with Crippen LogP contribution in [0.4, 0.5) is 5.69 Å². The van der Waals surface area contributed by atoms with Gasteiger partial charge in [-0.2, -0.15) is 0 Å². The van der Waals surface area contributed by atoms with E-state index in [1.54, 1.807) is 31.0 Å². The van der Waals surface area contributed by atoms with Crippen LogP contribution in [0.3, 0.4) is 0 Å². The molecule has 0 radical (unpaired) electrons. The summed E-state index contributed by atoms with van der Waals surface area (Å²) in [5.41, 5.74) is 3.77. The van der Waals surface area contributed by atoms with Crippen LogP contribution in [0.5, 0.6) is 5.75 Å². The molecular formula is C23H21N5O2. The Kier molecular flexibility index (Phi) is 6.10. The first kappa shape index (κ1) is 19.3. The summed E-state index contributed by atoms with van der Waals surface area (Å²) in [5.74, 6) is 1.17. The normalized spacial score (nSPS) is 10.5. The van der Waals surface area contributed by atoms with E-state index in [-0.39, 0.29) is 12.3 Å². The van der Waals surface area contributed by atoms with Crippen LogP contribution in [-0.2, 0) is 17.6 Å². The van der Waals surface area contributed by atoms with Crippen molar-refractivity contribution < 1.29 is 9.53 Å². The number of amides is 1. The van der Waals surface area contributed by atoms with Gasteiger partial charge in [0.15, 0.2) is 0 Å². The van der Waals surface area contributed by atoms with Gasteiger partial charge in [0.05, 0.1) is 31.2 Å². The molecule has 1 amide bonds. The van der Waals surface area contributed by atoms with Crippen molar-refractivity contribution >= 4 is 11.6 Å². The number of imidazole rings is 1. The average molecular weight is 399 g/mol. The van der Waals surface area contributed by atoms with Crippen LogP contribution < -0.4 is 10.1 Å². The zero-order valence-corrected chi connectivity index (χ0v) is 16.3. The number of benzene rings is 2. The molecule has 2 aromatic heterocycles. The Hall–Kier alpha value is -4.00. The summed E-state index contributed by atoms with van der Waals surface area (Å²) in [6.45, 7) is 0.544. The Bertz CT molecular complexity index is 1080. The largest absolute Gasteiger partial charge is 0.493 e. The third-order valence-corrected chi connectivity index (χ3v) is 4.50. The number of carbonyl (C=O) groups excluding carboxylic acids is 1. The number of hydrogen-bond donors (Lipinski definition) is 2. The van der Waals surface area contributed by atoms with E-state index >= 15 is 0 Å². The van der Waals surface area contributed by atoms with E-state index < -0.39 is 0 Å². The highest BCUT2D eigenvalue weighted by molar-refractivity contribution is 5.91. The lowest BCUT2D eigenvalue weighted by molar-refractivity contribution is -0.115. The van der Waals surface area contributed by atoms with Gasteiger partial charge in [0.1, 0.15) is 11.6 Å². The number of rotatable bonds is 8. The molecule has 0 fully saturated rings. The second-order valence-corrected chi connectivity index (χ2v) is 6.65. The average Bonchev–Trinajstić information content (AvgIpc) is 3.31. The number of nitrogens with zero attached hydrogens (tertiary/aromatic N) is 3. The Morgan fingerprint density at radius 3 is 2.57 bits per heavy atom. The predicted octanol–water partition coefficient (Wildman–Crippen LogP) is 3.67. The lowest BCUT2D eigenvalue weighted by atomic mass is 10.1. The molecular weight excluding hydrogens is 378 g/mol. The van der Waals surface area contributed by atoms with Gasteiger partial charge in [-0.25, -0.2) is 15.0 Å². The molecule has 150 valence electrons. The van der Waals surface area contributed by atoms with Crippen LogP contribution in [0.2, 0.25) is 0 Å². The zero-order valence-electron chi connectivity index (χ0n) is 16.3.